The highest BCUT2D eigenvalue weighted by molar-refractivity contribution is 6.23. The minimum absolute atomic E-state index is 0.111. The molecule has 0 N–H and O–H groups in total. The summed E-state index contributed by atoms with van der Waals surface area (Å²) in [7, 11) is 0. The van der Waals surface area contributed by atoms with Crippen molar-refractivity contribution in [1.82, 2.24) is 0 Å². The van der Waals surface area contributed by atoms with E-state index >= 15 is 0 Å². The molecule has 0 aliphatic heterocycles. The summed E-state index contributed by atoms with van der Waals surface area (Å²) in [5.41, 5.74) is 1.21. The van der Waals surface area contributed by atoms with Crippen molar-refractivity contribution in [3.8, 4) is 11.8 Å². The van der Waals surface area contributed by atoms with Gasteiger partial charge < -0.3 is 0 Å². The minimum atomic E-state index is -0.111. The molecule has 0 bridgehead atoms. The minimum Gasteiger partial charge on any atom is -0.105 e. The SMILES string of the molecule is CC#CC(Cl)C=C(C)C. The Morgan fingerprint density at radius 1 is 1.56 bits per heavy atom. The van der Waals surface area contributed by atoms with Gasteiger partial charge in [0.15, 0.2) is 0 Å². The number of alkyl halides is 1. The van der Waals surface area contributed by atoms with Crippen LogP contribution in [0.25, 0.3) is 0 Å². The first-order valence-electron chi connectivity index (χ1n) is 2.88. The molecule has 0 amide bonds. The molecule has 0 aliphatic rings. The number of hydrogen-bond acceptors (Lipinski definition) is 0. The van der Waals surface area contributed by atoms with Crippen LogP contribution in [0.3, 0.4) is 0 Å². The maximum atomic E-state index is 5.73. The zero-order valence-electron chi connectivity index (χ0n) is 6.03. The summed E-state index contributed by atoms with van der Waals surface area (Å²) in [5, 5.41) is -0.111. The van der Waals surface area contributed by atoms with Crippen LogP contribution >= 0.6 is 11.6 Å². The largest absolute Gasteiger partial charge is 0.113 e. The average molecular weight is 143 g/mol. The van der Waals surface area contributed by atoms with Crippen LogP contribution in [0, 0.1) is 11.8 Å². The van der Waals surface area contributed by atoms with Gasteiger partial charge in [0.25, 0.3) is 0 Å². The van der Waals surface area contributed by atoms with E-state index in [1.165, 1.54) is 5.57 Å². The quantitative estimate of drug-likeness (QED) is 0.300. The molecule has 0 spiro atoms. The molecule has 0 fully saturated rings. The summed E-state index contributed by atoms with van der Waals surface area (Å²) >= 11 is 5.73. The fourth-order valence-electron chi connectivity index (χ4n) is 0.472. The molecule has 0 aliphatic carbocycles. The Kier molecular flexibility index (Phi) is 4.26. The van der Waals surface area contributed by atoms with Crippen molar-refractivity contribution in [2.45, 2.75) is 26.1 Å². The van der Waals surface area contributed by atoms with Crippen molar-refractivity contribution < 1.29 is 0 Å². The number of hydrogen-bond donors (Lipinski definition) is 0. The van der Waals surface area contributed by atoms with Crippen LogP contribution in [0.15, 0.2) is 11.6 Å². The van der Waals surface area contributed by atoms with E-state index in [9.17, 15) is 0 Å². The fraction of sp³-hybridized carbons (Fsp3) is 0.500. The maximum Gasteiger partial charge on any atom is 0.113 e. The van der Waals surface area contributed by atoms with Gasteiger partial charge in [0.2, 0.25) is 0 Å². The predicted octanol–water partition coefficient (Wildman–Crippen LogP) is 2.58. The molecule has 0 radical (unpaired) electrons. The highest BCUT2D eigenvalue weighted by atomic mass is 35.5. The highest BCUT2D eigenvalue weighted by Gasteiger charge is 1.90. The van der Waals surface area contributed by atoms with Crippen LogP contribution < -0.4 is 0 Å². The Labute approximate surface area is 61.9 Å². The van der Waals surface area contributed by atoms with Crippen molar-refractivity contribution in [2.24, 2.45) is 0 Å². The lowest BCUT2D eigenvalue weighted by Gasteiger charge is -1.91. The van der Waals surface area contributed by atoms with Crippen LogP contribution in [-0.4, -0.2) is 5.38 Å². The maximum absolute atomic E-state index is 5.73. The lowest BCUT2D eigenvalue weighted by atomic mass is 10.3. The molecule has 0 aromatic carbocycles. The monoisotopic (exact) mass is 142 g/mol. The van der Waals surface area contributed by atoms with E-state index in [-0.39, 0.29) is 5.38 Å². The molecule has 0 heterocycles. The summed E-state index contributed by atoms with van der Waals surface area (Å²) in [6.45, 7) is 5.80. The average Bonchev–Trinajstić information content (AvgIpc) is 1.63. The first-order valence-corrected chi connectivity index (χ1v) is 3.32. The van der Waals surface area contributed by atoms with Crippen molar-refractivity contribution in [2.75, 3.05) is 0 Å². The van der Waals surface area contributed by atoms with E-state index in [4.69, 9.17) is 11.6 Å². The van der Waals surface area contributed by atoms with Gasteiger partial charge in [0.05, 0.1) is 0 Å². The zero-order valence-corrected chi connectivity index (χ0v) is 6.79. The van der Waals surface area contributed by atoms with E-state index in [0.717, 1.165) is 0 Å². The summed E-state index contributed by atoms with van der Waals surface area (Å²) in [5.74, 6) is 5.56. The molecule has 9 heavy (non-hydrogen) atoms. The van der Waals surface area contributed by atoms with Crippen molar-refractivity contribution in [1.29, 1.82) is 0 Å². The van der Waals surface area contributed by atoms with Crippen molar-refractivity contribution in [3.05, 3.63) is 11.6 Å². The van der Waals surface area contributed by atoms with Crippen LogP contribution in [0.4, 0.5) is 0 Å². The molecule has 1 unspecified atom stereocenters. The predicted molar refractivity (Wildman–Crippen MR) is 42.5 cm³/mol. The molecule has 0 rings (SSSR count). The van der Waals surface area contributed by atoms with E-state index in [0.29, 0.717) is 0 Å². The molecule has 0 saturated carbocycles. The van der Waals surface area contributed by atoms with Gasteiger partial charge in [-0.1, -0.05) is 17.6 Å². The van der Waals surface area contributed by atoms with Gasteiger partial charge in [-0.2, -0.15) is 0 Å². The Hall–Kier alpha value is -0.410. The molecule has 0 nitrogen and oxygen atoms in total. The Bertz CT molecular complexity index is 153. The number of allylic oxidation sites excluding steroid dienone is 2. The number of rotatable bonds is 1. The molecule has 50 valence electrons. The van der Waals surface area contributed by atoms with E-state index in [1.807, 2.05) is 19.9 Å². The van der Waals surface area contributed by atoms with Gasteiger partial charge in [-0.3, -0.25) is 0 Å². The van der Waals surface area contributed by atoms with E-state index in [1.54, 1.807) is 6.92 Å². The number of halogens is 1. The Morgan fingerprint density at radius 2 is 2.11 bits per heavy atom. The summed E-state index contributed by atoms with van der Waals surface area (Å²) in [6, 6.07) is 0. The third kappa shape index (κ3) is 5.46. The molecule has 1 heteroatoms. The zero-order chi connectivity index (χ0) is 7.28. The van der Waals surface area contributed by atoms with E-state index < -0.39 is 0 Å². The molecule has 0 saturated heterocycles. The molecular formula is C8H11Cl. The smallest absolute Gasteiger partial charge is 0.105 e. The van der Waals surface area contributed by atoms with Gasteiger partial charge in [-0.25, -0.2) is 0 Å². The van der Waals surface area contributed by atoms with Gasteiger partial charge >= 0.3 is 0 Å². The van der Waals surface area contributed by atoms with Crippen LogP contribution in [0.2, 0.25) is 0 Å². The van der Waals surface area contributed by atoms with Gasteiger partial charge in [-0.05, 0) is 20.8 Å². The van der Waals surface area contributed by atoms with Crippen LogP contribution in [-0.2, 0) is 0 Å². The molecule has 1 atom stereocenters. The lowest BCUT2D eigenvalue weighted by Crippen LogP contribution is -1.86. The van der Waals surface area contributed by atoms with Gasteiger partial charge in [0, 0.05) is 0 Å². The van der Waals surface area contributed by atoms with Gasteiger partial charge in [0.1, 0.15) is 5.38 Å². The molecular weight excluding hydrogens is 132 g/mol. The van der Waals surface area contributed by atoms with Crippen LogP contribution in [0.5, 0.6) is 0 Å². The summed E-state index contributed by atoms with van der Waals surface area (Å²) in [4.78, 5) is 0. The van der Waals surface area contributed by atoms with E-state index in [2.05, 4.69) is 11.8 Å². The Balaban J connectivity index is 3.86. The van der Waals surface area contributed by atoms with Crippen molar-refractivity contribution >= 4 is 11.6 Å². The second-order valence-corrected chi connectivity index (χ2v) is 2.51. The topological polar surface area (TPSA) is 0 Å². The highest BCUT2D eigenvalue weighted by Crippen LogP contribution is 1.99. The standard InChI is InChI=1S/C8H11Cl/c1-4-5-8(9)6-7(2)3/h6,8H,1-3H3. The normalized spacial score (nSPS) is 11.1. The first kappa shape index (κ1) is 8.59. The second kappa shape index (κ2) is 4.47. The summed E-state index contributed by atoms with van der Waals surface area (Å²) in [6.07, 6.45) is 1.93. The third-order valence-electron chi connectivity index (χ3n) is 0.762. The van der Waals surface area contributed by atoms with Crippen LogP contribution in [0.1, 0.15) is 20.8 Å². The Morgan fingerprint density at radius 3 is 2.44 bits per heavy atom. The second-order valence-electron chi connectivity index (χ2n) is 2.04. The summed E-state index contributed by atoms with van der Waals surface area (Å²) < 4.78 is 0. The molecule has 0 aromatic heterocycles. The molecule has 0 aromatic rings. The lowest BCUT2D eigenvalue weighted by molar-refractivity contribution is 1.31. The van der Waals surface area contributed by atoms with Gasteiger partial charge in [-0.15, -0.1) is 17.5 Å². The first-order chi connectivity index (χ1) is 4.16. The fourth-order valence-corrected chi connectivity index (χ4v) is 0.833. The van der Waals surface area contributed by atoms with Crippen molar-refractivity contribution in [3.63, 3.8) is 0 Å². The third-order valence-corrected chi connectivity index (χ3v) is 0.997.